The van der Waals surface area contributed by atoms with Crippen molar-refractivity contribution in [3.05, 3.63) is 58.4 Å². The Kier molecular flexibility index (Phi) is 4.79. The van der Waals surface area contributed by atoms with Crippen molar-refractivity contribution in [1.29, 1.82) is 0 Å². The van der Waals surface area contributed by atoms with Gasteiger partial charge >= 0.3 is 5.97 Å². The number of hydrogen-bond donors (Lipinski definition) is 1. The summed E-state index contributed by atoms with van der Waals surface area (Å²) in [6, 6.07) is 11.3. The maximum absolute atomic E-state index is 12.7. The van der Waals surface area contributed by atoms with Crippen molar-refractivity contribution in [3.8, 4) is 23.0 Å². The quantitative estimate of drug-likeness (QED) is 0.723. The molecule has 0 spiro atoms. The van der Waals surface area contributed by atoms with Crippen LogP contribution < -0.4 is 19.6 Å². The van der Waals surface area contributed by atoms with Crippen LogP contribution in [0.4, 0.5) is 0 Å². The molecule has 0 aliphatic heterocycles. The highest BCUT2D eigenvalue weighted by molar-refractivity contribution is 5.80. The molecule has 3 rings (SSSR count). The van der Waals surface area contributed by atoms with Crippen molar-refractivity contribution in [3.63, 3.8) is 0 Å². The normalized spacial score (nSPS) is 10.5. The molecule has 0 saturated carbocycles. The van der Waals surface area contributed by atoms with Crippen LogP contribution in [0.3, 0.4) is 0 Å². The second-order valence-electron chi connectivity index (χ2n) is 5.43. The molecule has 0 aliphatic carbocycles. The maximum Gasteiger partial charge on any atom is 0.341 e. The standard InChI is InChI=1S/C19H16O7/c1-11-19(26-13-5-3-12(23-2)4-6-13)18(22)15-8-7-14(9-16(15)25-11)24-10-17(20)21/h3-9H,10H2,1-2H3,(H,20,21). The third-order valence-electron chi connectivity index (χ3n) is 3.63. The van der Waals surface area contributed by atoms with Gasteiger partial charge in [-0.25, -0.2) is 4.79 Å². The second kappa shape index (κ2) is 7.18. The molecule has 26 heavy (non-hydrogen) atoms. The Morgan fingerprint density at radius 3 is 2.38 bits per heavy atom. The smallest absolute Gasteiger partial charge is 0.341 e. The van der Waals surface area contributed by atoms with Crippen molar-refractivity contribution < 1.29 is 28.5 Å². The van der Waals surface area contributed by atoms with Crippen molar-refractivity contribution in [2.45, 2.75) is 6.92 Å². The monoisotopic (exact) mass is 356 g/mol. The van der Waals surface area contributed by atoms with Crippen molar-refractivity contribution in [2.24, 2.45) is 0 Å². The zero-order chi connectivity index (χ0) is 18.7. The lowest BCUT2D eigenvalue weighted by atomic mass is 10.2. The number of carboxylic acid groups (broad SMARTS) is 1. The van der Waals surface area contributed by atoms with E-state index in [1.165, 1.54) is 18.2 Å². The number of aryl methyl sites for hydroxylation is 1. The molecule has 0 amide bonds. The molecule has 0 unspecified atom stereocenters. The first-order valence-corrected chi connectivity index (χ1v) is 7.72. The summed E-state index contributed by atoms with van der Waals surface area (Å²) < 4.78 is 21.5. The van der Waals surface area contributed by atoms with Crippen molar-refractivity contribution >= 4 is 16.9 Å². The van der Waals surface area contributed by atoms with Crippen LogP contribution in [0.1, 0.15) is 5.76 Å². The van der Waals surface area contributed by atoms with E-state index in [-0.39, 0.29) is 16.8 Å². The van der Waals surface area contributed by atoms with Gasteiger partial charge < -0.3 is 23.7 Å². The summed E-state index contributed by atoms with van der Waals surface area (Å²) in [6.07, 6.45) is 0. The Labute approximate surface area is 148 Å². The van der Waals surface area contributed by atoms with Crippen LogP contribution in [0.5, 0.6) is 23.0 Å². The minimum Gasteiger partial charge on any atom is -0.497 e. The van der Waals surface area contributed by atoms with E-state index in [4.69, 9.17) is 23.7 Å². The van der Waals surface area contributed by atoms with Gasteiger partial charge in [-0.2, -0.15) is 0 Å². The van der Waals surface area contributed by atoms with Crippen LogP contribution in [-0.4, -0.2) is 24.8 Å². The molecular formula is C19H16O7. The van der Waals surface area contributed by atoms with E-state index in [0.29, 0.717) is 28.4 Å². The molecule has 7 nitrogen and oxygen atoms in total. The number of aliphatic carboxylic acids is 1. The van der Waals surface area contributed by atoms with E-state index >= 15 is 0 Å². The van der Waals surface area contributed by atoms with Crippen LogP contribution in [-0.2, 0) is 4.79 Å². The summed E-state index contributed by atoms with van der Waals surface area (Å²) in [6.45, 7) is 1.14. The van der Waals surface area contributed by atoms with Gasteiger partial charge in [0.25, 0.3) is 0 Å². The largest absolute Gasteiger partial charge is 0.497 e. The summed E-state index contributed by atoms with van der Waals surface area (Å²) in [5, 5.41) is 8.97. The van der Waals surface area contributed by atoms with Crippen molar-refractivity contribution in [1.82, 2.24) is 0 Å². The van der Waals surface area contributed by atoms with E-state index in [9.17, 15) is 9.59 Å². The summed E-state index contributed by atoms with van der Waals surface area (Å²) in [7, 11) is 1.56. The Balaban J connectivity index is 1.95. The van der Waals surface area contributed by atoms with Gasteiger partial charge in [0.15, 0.2) is 6.61 Å². The molecular weight excluding hydrogens is 340 g/mol. The first kappa shape index (κ1) is 17.3. The van der Waals surface area contributed by atoms with Gasteiger partial charge in [-0.3, -0.25) is 4.79 Å². The number of fused-ring (bicyclic) bond motifs is 1. The molecule has 134 valence electrons. The third-order valence-corrected chi connectivity index (χ3v) is 3.63. The van der Waals surface area contributed by atoms with E-state index < -0.39 is 12.6 Å². The predicted octanol–water partition coefficient (Wildman–Crippen LogP) is 3.37. The molecule has 1 heterocycles. The zero-order valence-electron chi connectivity index (χ0n) is 14.1. The lowest BCUT2D eigenvalue weighted by Gasteiger charge is -2.10. The predicted molar refractivity (Wildman–Crippen MR) is 93.4 cm³/mol. The van der Waals surface area contributed by atoms with E-state index in [1.54, 1.807) is 38.3 Å². The highest BCUT2D eigenvalue weighted by Gasteiger charge is 2.15. The molecule has 0 atom stereocenters. The second-order valence-corrected chi connectivity index (χ2v) is 5.43. The molecule has 0 saturated heterocycles. The molecule has 0 fully saturated rings. The topological polar surface area (TPSA) is 95.2 Å². The molecule has 0 bridgehead atoms. The minimum absolute atomic E-state index is 0.0851. The zero-order valence-corrected chi connectivity index (χ0v) is 14.1. The fourth-order valence-corrected chi connectivity index (χ4v) is 2.38. The molecule has 3 aromatic rings. The maximum atomic E-state index is 12.7. The summed E-state index contributed by atoms with van der Waals surface area (Å²) in [5.74, 6) is 0.739. The SMILES string of the molecule is COc1ccc(Oc2c(C)oc3cc(OCC(=O)O)ccc3c2=O)cc1. The number of methoxy groups -OCH3 is 1. The van der Waals surface area contributed by atoms with Gasteiger partial charge in [0.05, 0.1) is 12.5 Å². The highest BCUT2D eigenvalue weighted by Crippen LogP contribution is 2.28. The van der Waals surface area contributed by atoms with Gasteiger partial charge in [0.1, 0.15) is 28.6 Å². The Morgan fingerprint density at radius 2 is 1.73 bits per heavy atom. The van der Waals surface area contributed by atoms with Crippen molar-refractivity contribution in [2.75, 3.05) is 13.7 Å². The average Bonchev–Trinajstić information content (AvgIpc) is 2.63. The molecule has 2 aromatic carbocycles. The fourth-order valence-electron chi connectivity index (χ4n) is 2.38. The van der Waals surface area contributed by atoms with Crippen LogP contribution in [0.2, 0.25) is 0 Å². The minimum atomic E-state index is -1.09. The van der Waals surface area contributed by atoms with Crippen LogP contribution in [0.15, 0.2) is 51.7 Å². The first-order valence-electron chi connectivity index (χ1n) is 7.72. The number of benzene rings is 2. The van der Waals surface area contributed by atoms with Gasteiger partial charge in [-0.15, -0.1) is 0 Å². The van der Waals surface area contributed by atoms with E-state index in [0.717, 1.165) is 0 Å². The number of hydrogen-bond acceptors (Lipinski definition) is 6. The van der Waals surface area contributed by atoms with E-state index in [2.05, 4.69) is 0 Å². The molecule has 0 aliphatic rings. The molecule has 1 N–H and O–H groups in total. The Hall–Kier alpha value is -3.48. The molecule has 0 radical (unpaired) electrons. The Bertz CT molecular complexity index is 1000. The van der Waals surface area contributed by atoms with Gasteiger partial charge in [0, 0.05) is 6.07 Å². The number of ether oxygens (including phenoxy) is 3. The highest BCUT2D eigenvalue weighted by atomic mass is 16.5. The number of carbonyl (C=O) groups is 1. The lowest BCUT2D eigenvalue weighted by molar-refractivity contribution is -0.139. The third kappa shape index (κ3) is 3.61. The summed E-state index contributed by atoms with van der Waals surface area (Å²) in [4.78, 5) is 23.3. The molecule has 7 heteroatoms. The van der Waals surface area contributed by atoms with Crippen LogP contribution in [0, 0.1) is 6.92 Å². The van der Waals surface area contributed by atoms with Gasteiger partial charge in [-0.1, -0.05) is 0 Å². The van der Waals surface area contributed by atoms with E-state index in [1.807, 2.05) is 0 Å². The summed E-state index contributed by atoms with van der Waals surface area (Å²) >= 11 is 0. The van der Waals surface area contributed by atoms with Crippen LogP contribution in [0.25, 0.3) is 11.0 Å². The van der Waals surface area contributed by atoms with Gasteiger partial charge in [0.2, 0.25) is 11.2 Å². The number of carboxylic acids is 1. The number of rotatable bonds is 6. The summed E-state index contributed by atoms with van der Waals surface area (Å²) in [5.41, 5.74) is -0.0400. The van der Waals surface area contributed by atoms with Gasteiger partial charge in [-0.05, 0) is 43.3 Å². The van der Waals surface area contributed by atoms with Crippen LogP contribution >= 0.6 is 0 Å². The fraction of sp³-hybridized carbons (Fsp3) is 0.158. The Morgan fingerprint density at radius 1 is 1.08 bits per heavy atom. The average molecular weight is 356 g/mol. The first-order chi connectivity index (χ1) is 12.5. The lowest BCUT2D eigenvalue weighted by Crippen LogP contribution is -2.10. The molecule has 1 aromatic heterocycles.